The van der Waals surface area contributed by atoms with Crippen molar-refractivity contribution in [2.75, 3.05) is 6.61 Å². The van der Waals surface area contributed by atoms with Crippen molar-refractivity contribution in [3.63, 3.8) is 0 Å². The summed E-state index contributed by atoms with van der Waals surface area (Å²) in [4.78, 5) is 22.9. The standard InChI is InChI=1S/C19H25N3O4/c1-4-22-14(3)18(13(2)21-22)19(25)20-12-15-7-9-16(10-8-15)26-11-5-6-17(23)24/h7-10H,4-6,11-12H2,1-3H3,(H,20,25)(H,23,24). The lowest BCUT2D eigenvalue weighted by atomic mass is 10.1. The molecule has 2 rings (SSSR count). The molecule has 0 atom stereocenters. The van der Waals surface area contributed by atoms with Crippen LogP contribution in [0.4, 0.5) is 0 Å². The average molecular weight is 359 g/mol. The minimum Gasteiger partial charge on any atom is -0.494 e. The van der Waals surface area contributed by atoms with Crippen molar-refractivity contribution in [1.29, 1.82) is 0 Å². The molecule has 0 saturated heterocycles. The number of carbonyl (C=O) groups excluding carboxylic acids is 1. The Morgan fingerprint density at radius 1 is 1.23 bits per heavy atom. The second-order valence-corrected chi connectivity index (χ2v) is 6.03. The van der Waals surface area contributed by atoms with Crippen LogP contribution in [-0.4, -0.2) is 33.4 Å². The third-order valence-electron chi connectivity index (χ3n) is 4.09. The van der Waals surface area contributed by atoms with Crippen LogP contribution in [0, 0.1) is 13.8 Å². The maximum absolute atomic E-state index is 12.4. The van der Waals surface area contributed by atoms with Gasteiger partial charge in [0.25, 0.3) is 5.91 Å². The van der Waals surface area contributed by atoms with E-state index >= 15 is 0 Å². The summed E-state index contributed by atoms with van der Waals surface area (Å²) in [5.41, 5.74) is 3.18. The van der Waals surface area contributed by atoms with Crippen molar-refractivity contribution in [3.8, 4) is 5.75 Å². The number of hydrogen-bond acceptors (Lipinski definition) is 4. The maximum Gasteiger partial charge on any atom is 0.303 e. The monoisotopic (exact) mass is 359 g/mol. The molecule has 0 saturated carbocycles. The lowest BCUT2D eigenvalue weighted by Gasteiger charge is -2.08. The Hall–Kier alpha value is -2.83. The second kappa shape index (κ2) is 9.03. The molecule has 0 fully saturated rings. The van der Waals surface area contributed by atoms with E-state index in [0.717, 1.165) is 23.5 Å². The van der Waals surface area contributed by atoms with E-state index in [0.29, 0.717) is 30.9 Å². The van der Waals surface area contributed by atoms with Crippen molar-refractivity contribution in [3.05, 3.63) is 46.8 Å². The first-order valence-corrected chi connectivity index (χ1v) is 8.68. The van der Waals surface area contributed by atoms with Crippen LogP contribution in [0.25, 0.3) is 0 Å². The fourth-order valence-electron chi connectivity index (χ4n) is 2.72. The van der Waals surface area contributed by atoms with Crippen molar-refractivity contribution >= 4 is 11.9 Å². The van der Waals surface area contributed by atoms with Gasteiger partial charge in [-0.1, -0.05) is 12.1 Å². The highest BCUT2D eigenvalue weighted by Crippen LogP contribution is 2.15. The van der Waals surface area contributed by atoms with Gasteiger partial charge in [-0.25, -0.2) is 0 Å². The fraction of sp³-hybridized carbons (Fsp3) is 0.421. The van der Waals surface area contributed by atoms with Crippen molar-refractivity contribution in [1.82, 2.24) is 15.1 Å². The summed E-state index contributed by atoms with van der Waals surface area (Å²) in [5, 5.41) is 15.9. The molecule has 2 N–H and O–H groups in total. The van der Waals surface area contributed by atoms with Crippen LogP contribution < -0.4 is 10.1 Å². The van der Waals surface area contributed by atoms with Crippen LogP contribution in [0.5, 0.6) is 5.75 Å². The van der Waals surface area contributed by atoms with E-state index in [4.69, 9.17) is 9.84 Å². The van der Waals surface area contributed by atoms with Gasteiger partial charge in [0.1, 0.15) is 5.75 Å². The molecule has 0 spiro atoms. The van der Waals surface area contributed by atoms with Gasteiger partial charge in [0.15, 0.2) is 0 Å². The SMILES string of the molecule is CCn1nc(C)c(C(=O)NCc2ccc(OCCCC(=O)O)cc2)c1C. The molecule has 0 aliphatic heterocycles. The van der Waals surface area contributed by atoms with E-state index in [1.165, 1.54) is 0 Å². The first-order chi connectivity index (χ1) is 12.4. The predicted octanol–water partition coefficient (Wildman–Crippen LogP) is 2.69. The summed E-state index contributed by atoms with van der Waals surface area (Å²) >= 11 is 0. The summed E-state index contributed by atoms with van der Waals surface area (Å²) in [7, 11) is 0. The number of ether oxygens (including phenoxy) is 1. The Kier molecular flexibility index (Phi) is 6.77. The van der Waals surface area contributed by atoms with Crippen LogP contribution in [0.2, 0.25) is 0 Å². The van der Waals surface area contributed by atoms with Crippen LogP contribution in [0.15, 0.2) is 24.3 Å². The number of benzene rings is 1. The van der Waals surface area contributed by atoms with E-state index in [9.17, 15) is 9.59 Å². The minimum atomic E-state index is -0.824. The highest BCUT2D eigenvalue weighted by molar-refractivity contribution is 5.96. The number of nitrogens with one attached hydrogen (secondary N) is 1. The normalized spacial score (nSPS) is 10.6. The van der Waals surface area contributed by atoms with Gasteiger partial charge in [0.05, 0.1) is 17.9 Å². The number of nitrogens with zero attached hydrogens (tertiary/aromatic N) is 2. The van der Waals surface area contributed by atoms with Gasteiger partial charge >= 0.3 is 5.97 Å². The molecule has 0 bridgehead atoms. The molecule has 1 amide bonds. The molecular weight excluding hydrogens is 334 g/mol. The molecule has 1 aromatic heterocycles. The zero-order valence-electron chi connectivity index (χ0n) is 15.4. The maximum atomic E-state index is 12.4. The first kappa shape index (κ1) is 19.5. The van der Waals surface area contributed by atoms with Crippen LogP contribution in [-0.2, 0) is 17.9 Å². The highest BCUT2D eigenvalue weighted by atomic mass is 16.5. The number of carboxylic acids is 1. The predicted molar refractivity (Wildman–Crippen MR) is 97.4 cm³/mol. The Morgan fingerprint density at radius 3 is 2.50 bits per heavy atom. The number of aryl methyl sites for hydroxylation is 2. The zero-order valence-corrected chi connectivity index (χ0v) is 15.4. The van der Waals surface area contributed by atoms with Gasteiger partial charge in [-0.05, 0) is 44.9 Å². The van der Waals surface area contributed by atoms with E-state index in [1.807, 2.05) is 49.7 Å². The number of hydrogen-bond donors (Lipinski definition) is 2. The van der Waals surface area contributed by atoms with Crippen LogP contribution in [0.1, 0.15) is 47.1 Å². The van der Waals surface area contributed by atoms with Gasteiger partial charge < -0.3 is 15.2 Å². The van der Waals surface area contributed by atoms with Crippen molar-refractivity contribution in [2.45, 2.75) is 46.7 Å². The summed E-state index contributed by atoms with van der Waals surface area (Å²) < 4.78 is 7.31. The minimum absolute atomic E-state index is 0.0948. The lowest BCUT2D eigenvalue weighted by Crippen LogP contribution is -2.24. The van der Waals surface area contributed by atoms with Gasteiger partial charge in [0.2, 0.25) is 0 Å². The lowest BCUT2D eigenvalue weighted by molar-refractivity contribution is -0.137. The fourth-order valence-corrected chi connectivity index (χ4v) is 2.72. The second-order valence-electron chi connectivity index (χ2n) is 6.03. The van der Waals surface area contributed by atoms with Gasteiger partial charge in [-0.3, -0.25) is 14.3 Å². The molecule has 2 aromatic rings. The largest absolute Gasteiger partial charge is 0.494 e. The molecular formula is C19H25N3O4. The first-order valence-electron chi connectivity index (χ1n) is 8.68. The average Bonchev–Trinajstić information content (AvgIpc) is 2.91. The zero-order chi connectivity index (χ0) is 19.1. The van der Waals surface area contributed by atoms with Crippen LogP contribution >= 0.6 is 0 Å². The third kappa shape index (κ3) is 5.08. The van der Waals surface area contributed by atoms with E-state index in [1.54, 1.807) is 0 Å². The number of rotatable bonds is 9. The summed E-state index contributed by atoms with van der Waals surface area (Å²) in [5.74, 6) is -0.273. The summed E-state index contributed by atoms with van der Waals surface area (Å²) in [6.07, 6.45) is 0.564. The molecule has 7 heteroatoms. The molecule has 140 valence electrons. The Balaban J connectivity index is 1.87. The van der Waals surface area contributed by atoms with E-state index in [2.05, 4.69) is 10.4 Å². The molecule has 0 aliphatic carbocycles. The highest BCUT2D eigenvalue weighted by Gasteiger charge is 2.17. The van der Waals surface area contributed by atoms with E-state index in [-0.39, 0.29) is 12.3 Å². The van der Waals surface area contributed by atoms with Crippen LogP contribution in [0.3, 0.4) is 0 Å². The number of amides is 1. The van der Waals surface area contributed by atoms with Gasteiger partial charge in [0, 0.05) is 25.2 Å². The summed E-state index contributed by atoms with van der Waals surface area (Å²) in [6.45, 7) is 7.23. The number of aliphatic carboxylic acids is 1. The van der Waals surface area contributed by atoms with E-state index < -0.39 is 5.97 Å². The third-order valence-corrected chi connectivity index (χ3v) is 4.09. The molecule has 0 unspecified atom stereocenters. The number of carboxylic acid groups (broad SMARTS) is 1. The molecule has 1 aromatic carbocycles. The summed E-state index contributed by atoms with van der Waals surface area (Å²) in [6, 6.07) is 7.38. The Bertz CT molecular complexity index is 766. The molecule has 1 heterocycles. The Labute approximate surface area is 153 Å². The van der Waals surface area contributed by atoms with Gasteiger partial charge in [-0.15, -0.1) is 0 Å². The number of carbonyl (C=O) groups is 2. The molecule has 0 radical (unpaired) electrons. The van der Waals surface area contributed by atoms with Crippen molar-refractivity contribution < 1.29 is 19.4 Å². The van der Waals surface area contributed by atoms with Gasteiger partial charge in [-0.2, -0.15) is 5.10 Å². The smallest absolute Gasteiger partial charge is 0.303 e. The van der Waals surface area contributed by atoms with Crippen molar-refractivity contribution in [2.24, 2.45) is 0 Å². The number of aromatic nitrogens is 2. The Morgan fingerprint density at radius 2 is 1.92 bits per heavy atom. The quantitative estimate of drug-likeness (QED) is 0.672. The molecule has 0 aliphatic rings. The molecule has 26 heavy (non-hydrogen) atoms. The topological polar surface area (TPSA) is 93.5 Å². The molecule has 7 nitrogen and oxygen atoms in total.